The van der Waals surface area contributed by atoms with Gasteiger partial charge in [0.15, 0.2) is 5.78 Å². The Labute approximate surface area is 121 Å². The van der Waals surface area contributed by atoms with E-state index in [0.717, 1.165) is 46.9 Å². The molecule has 1 atom stereocenters. The van der Waals surface area contributed by atoms with Crippen molar-refractivity contribution in [2.75, 3.05) is 6.54 Å². The highest BCUT2D eigenvalue weighted by Gasteiger charge is 2.26. The molecular formula is C15H17BrN2O. The fourth-order valence-corrected chi connectivity index (χ4v) is 3.18. The number of nitrogens with zero attached hydrogens (tertiary/aromatic N) is 1. The number of carbonyl (C=O) groups is 1. The molecule has 0 amide bonds. The van der Waals surface area contributed by atoms with Gasteiger partial charge in [0.25, 0.3) is 0 Å². The maximum Gasteiger partial charge on any atom is 0.181 e. The zero-order chi connectivity index (χ0) is 13.4. The summed E-state index contributed by atoms with van der Waals surface area (Å²) in [7, 11) is 0. The van der Waals surface area contributed by atoms with Crippen molar-refractivity contribution in [3.8, 4) is 0 Å². The van der Waals surface area contributed by atoms with E-state index < -0.39 is 0 Å². The molecule has 1 aliphatic heterocycles. The number of hydrogen-bond donors (Lipinski definition) is 1. The first-order valence-electron chi connectivity index (χ1n) is 6.76. The predicted octanol–water partition coefficient (Wildman–Crippen LogP) is 3.36. The molecule has 1 aromatic carbocycles. The monoisotopic (exact) mass is 320 g/mol. The van der Waals surface area contributed by atoms with Crippen molar-refractivity contribution in [2.45, 2.75) is 32.4 Å². The van der Waals surface area contributed by atoms with Crippen LogP contribution >= 0.6 is 15.9 Å². The smallest absolute Gasteiger partial charge is 0.181 e. The van der Waals surface area contributed by atoms with Gasteiger partial charge >= 0.3 is 0 Å². The maximum absolute atomic E-state index is 12.6. The first-order chi connectivity index (χ1) is 9.20. The molecule has 100 valence electrons. The number of halogens is 1. The lowest BCUT2D eigenvalue weighted by Gasteiger charge is -2.07. The number of carbonyl (C=O) groups excluding carboxylic acids is 1. The van der Waals surface area contributed by atoms with Crippen molar-refractivity contribution in [1.29, 1.82) is 0 Å². The van der Waals surface area contributed by atoms with E-state index in [1.807, 2.05) is 18.3 Å². The Morgan fingerprint density at radius 3 is 3.05 bits per heavy atom. The second-order valence-corrected chi connectivity index (χ2v) is 5.92. The molecule has 1 N–H and O–H groups in total. The van der Waals surface area contributed by atoms with Gasteiger partial charge in [-0.15, -0.1) is 0 Å². The lowest BCUT2D eigenvalue weighted by molar-refractivity contribution is 0.0954. The fourth-order valence-electron chi connectivity index (χ4n) is 2.82. The molecule has 0 unspecified atom stereocenters. The zero-order valence-corrected chi connectivity index (χ0v) is 12.5. The summed E-state index contributed by atoms with van der Waals surface area (Å²) in [6, 6.07) is 6.14. The highest BCUT2D eigenvalue weighted by Crippen LogP contribution is 2.27. The van der Waals surface area contributed by atoms with Gasteiger partial charge in [0.2, 0.25) is 0 Å². The third kappa shape index (κ3) is 2.23. The summed E-state index contributed by atoms with van der Waals surface area (Å²) in [6.45, 7) is 3.93. The van der Waals surface area contributed by atoms with E-state index in [9.17, 15) is 4.79 Å². The van der Waals surface area contributed by atoms with Crippen LogP contribution in [-0.4, -0.2) is 22.9 Å². The SMILES string of the molecule is CCn1cc(C(=O)[C@@H]2CCCN2)c2cc(Br)ccc21. The Balaban J connectivity index is 2.11. The molecule has 0 aliphatic carbocycles. The molecule has 1 aromatic heterocycles. The van der Waals surface area contributed by atoms with E-state index in [-0.39, 0.29) is 11.8 Å². The molecule has 4 heteroatoms. The number of benzene rings is 1. The summed E-state index contributed by atoms with van der Waals surface area (Å²) in [4.78, 5) is 12.6. The average Bonchev–Trinajstić information content (AvgIpc) is 3.05. The van der Waals surface area contributed by atoms with Crippen LogP contribution in [0.15, 0.2) is 28.9 Å². The zero-order valence-electron chi connectivity index (χ0n) is 10.9. The van der Waals surface area contributed by atoms with Gasteiger partial charge in [0.05, 0.1) is 6.04 Å². The highest BCUT2D eigenvalue weighted by molar-refractivity contribution is 9.10. The Morgan fingerprint density at radius 2 is 2.37 bits per heavy atom. The summed E-state index contributed by atoms with van der Waals surface area (Å²) >= 11 is 3.49. The minimum Gasteiger partial charge on any atom is -0.347 e. The van der Waals surface area contributed by atoms with Crippen LogP contribution in [0.5, 0.6) is 0 Å². The van der Waals surface area contributed by atoms with Crippen molar-refractivity contribution >= 4 is 32.6 Å². The van der Waals surface area contributed by atoms with Crippen LogP contribution in [0.25, 0.3) is 10.9 Å². The maximum atomic E-state index is 12.6. The molecule has 1 aliphatic rings. The van der Waals surface area contributed by atoms with E-state index in [0.29, 0.717) is 0 Å². The van der Waals surface area contributed by atoms with Crippen LogP contribution in [0.3, 0.4) is 0 Å². The molecule has 0 bridgehead atoms. The summed E-state index contributed by atoms with van der Waals surface area (Å²) in [5.41, 5.74) is 1.98. The Kier molecular flexibility index (Phi) is 3.46. The third-order valence-corrected chi connectivity index (χ3v) is 4.32. The van der Waals surface area contributed by atoms with E-state index in [1.54, 1.807) is 0 Å². The third-order valence-electron chi connectivity index (χ3n) is 3.83. The van der Waals surface area contributed by atoms with Gasteiger partial charge in [-0.05, 0) is 44.5 Å². The summed E-state index contributed by atoms with van der Waals surface area (Å²) in [5.74, 6) is 0.229. The van der Waals surface area contributed by atoms with Crippen LogP contribution in [-0.2, 0) is 6.54 Å². The first kappa shape index (κ1) is 12.9. The van der Waals surface area contributed by atoms with Crippen molar-refractivity contribution in [2.24, 2.45) is 0 Å². The molecule has 0 spiro atoms. The van der Waals surface area contributed by atoms with Crippen LogP contribution in [0.2, 0.25) is 0 Å². The van der Waals surface area contributed by atoms with E-state index in [1.165, 1.54) is 0 Å². The molecule has 1 fully saturated rings. The number of ketones is 1. The van der Waals surface area contributed by atoms with Crippen molar-refractivity contribution in [3.05, 3.63) is 34.4 Å². The molecular weight excluding hydrogens is 304 g/mol. The van der Waals surface area contributed by atoms with Gasteiger partial charge in [-0.25, -0.2) is 0 Å². The standard InChI is InChI=1S/C15H17BrN2O/c1-2-18-9-12(15(19)13-4-3-7-17-13)11-8-10(16)5-6-14(11)18/h5-6,8-9,13,17H,2-4,7H2,1H3/t13-/m0/s1. The molecule has 2 heterocycles. The molecule has 3 nitrogen and oxygen atoms in total. The van der Waals surface area contributed by atoms with E-state index in [2.05, 4.69) is 38.8 Å². The topological polar surface area (TPSA) is 34.0 Å². The Hall–Kier alpha value is -1.13. The minimum absolute atomic E-state index is 0.00473. The minimum atomic E-state index is -0.00473. The quantitative estimate of drug-likeness (QED) is 0.880. The van der Waals surface area contributed by atoms with Crippen LogP contribution in [0.1, 0.15) is 30.1 Å². The van der Waals surface area contributed by atoms with Crippen LogP contribution < -0.4 is 5.32 Å². The lowest BCUT2D eigenvalue weighted by atomic mass is 10.0. The molecule has 0 saturated carbocycles. The second kappa shape index (κ2) is 5.10. The number of Topliss-reactive ketones (excluding diaryl/α,β-unsaturated/α-hetero) is 1. The van der Waals surface area contributed by atoms with Crippen molar-refractivity contribution < 1.29 is 4.79 Å². The van der Waals surface area contributed by atoms with E-state index >= 15 is 0 Å². The second-order valence-electron chi connectivity index (χ2n) is 5.00. The highest BCUT2D eigenvalue weighted by atomic mass is 79.9. The van der Waals surface area contributed by atoms with Gasteiger partial charge in [-0.3, -0.25) is 4.79 Å². The molecule has 3 rings (SSSR count). The number of hydrogen-bond acceptors (Lipinski definition) is 2. The predicted molar refractivity (Wildman–Crippen MR) is 80.7 cm³/mol. The number of fused-ring (bicyclic) bond motifs is 1. The molecule has 19 heavy (non-hydrogen) atoms. The summed E-state index contributed by atoms with van der Waals surface area (Å²) in [5, 5.41) is 4.34. The fraction of sp³-hybridized carbons (Fsp3) is 0.400. The van der Waals surface area contributed by atoms with Crippen LogP contribution in [0, 0.1) is 0 Å². The number of nitrogens with one attached hydrogen (secondary N) is 1. The van der Waals surface area contributed by atoms with Crippen molar-refractivity contribution in [3.63, 3.8) is 0 Å². The van der Waals surface area contributed by atoms with E-state index in [4.69, 9.17) is 0 Å². The van der Waals surface area contributed by atoms with Gasteiger partial charge < -0.3 is 9.88 Å². The molecule has 0 radical (unpaired) electrons. The number of aryl methyl sites for hydroxylation is 1. The number of aromatic nitrogens is 1. The first-order valence-corrected chi connectivity index (χ1v) is 7.56. The average molecular weight is 321 g/mol. The molecule has 1 saturated heterocycles. The van der Waals surface area contributed by atoms with Gasteiger partial charge in [0.1, 0.15) is 0 Å². The normalized spacial score (nSPS) is 19.2. The summed E-state index contributed by atoms with van der Waals surface area (Å²) < 4.78 is 3.16. The van der Waals surface area contributed by atoms with Crippen molar-refractivity contribution in [1.82, 2.24) is 9.88 Å². The Morgan fingerprint density at radius 1 is 1.53 bits per heavy atom. The lowest BCUT2D eigenvalue weighted by Crippen LogP contribution is -2.30. The molecule has 2 aromatic rings. The van der Waals surface area contributed by atoms with Gasteiger partial charge in [0, 0.05) is 33.7 Å². The Bertz CT molecular complexity index is 626. The van der Waals surface area contributed by atoms with Gasteiger partial charge in [-0.2, -0.15) is 0 Å². The van der Waals surface area contributed by atoms with Crippen LogP contribution in [0.4, 0.5) is 0 Å². The number of rotatable bonds is 3. The largest absolute Gasteiger partial charge is 0.347 e. The van der Waals surface area contributed by atoms with Gasteiger partial charge in [-0.1, -0.05) is 15.9 Å². The summed E-state index contributed by atoms with van der Waals surface area (Å²) in [6.07, 6.45) is 4.04.